The minimum absolute atomic E-state index is 0.313. The zero-order valence-corrected chi connectivity index (χ0v) is 17.1. The molecule has 0 aliphatic rings. The molecule has 0 atom stereocenters. The summed E-state index contributed by atoms with van der Waals surface area (Å²) in [4.78, 5) is 7.68. The van der Waals surface area contributed by atoms with Gasteiger partial charge in [0.05, 0.1) is 19.9 Å². The topological polar surface area (TPSA) is 97.3 Å². The Bertz CT molecular complexity index is 1170. The molecule has 0 saturated heterocycles. The molecule has 4 rings (SSSR count). The Balaban J connectivity index is 1.44. The highest BCUT2D eigenvalue weighted by Crippen LogP contribution is 2.28. The summed E-state index contributed by atoms with van der Waals surface area (Å²) in [5.74, 6) is 1.72. The fourth-order valence-corrected chi connectivity index (χ4v) is 3.15. The Labute approximate surface area is 174 Å². The number of ether oxygens (including phenoxy) is 2. The van der Waals surface area contributed by atoms with Crippen LogP contribution < -0.4 is 14.9 Å². The van der Waals surface area contributed by atoms with Crippen molar-refractivity contribution in [2.45, 2.75) is 26.2 Å². The number of hydrogen-bond donors (Lipinski definition) is 2. The molecule has 154 valence electrons. The van der Waals surface area contributed by atoms with Crippen LogP contribution in [0.4, 0.5) is 5.95 Å². The summed E-state index contributed by atoms with van der Waals surface area (Å²) in [6, 6.07) is 13.6. The number of aromatic amines is 1. The minimum Gasteiger partial charge on any atom is -0.493 e. The number of nitrogens with one attached hydrogen (secondary N) is 2. The van der Waals surface area contributed by atoms with Gasteiger partial charge >= 0.3 is 0 Å². The number of unbranched alkanes of at least 4 members (excludes halogenated alkanes) is 2. The summed E-state index contributed by atoms with van der Waals surface area (Å²) in [7, 11) is 1.63. The predicted octanol–water partition coefficient (Wildman–Crippen LogP) is 4.53. The fraction of sp³-hybridized carbons (Fsp3) is 0.273. The molecule has 0 unspecified atom stereocenters. The van der Waals surface area contributed by atoms with Crippen LogP contribution in [0, 0.1) is 0 Å². The van der Waals surface area contributed by atoms with E-state index in [2.05, 4.69) is 37.6 Å². The highest BCUT2D eigenvalue weighted by molar-refractivity contribution is 6.03. The predicted molar refractivity (Wildman–Crippen MR) is 118 cm³/mol. The largest absolute Gasteiger partial charge is 0.493 e. The number of H-pyrrole nitrogens is 1. The summed E-state index contributed by atoms with van der Waals surface area (Å²) < 4.78 is 11.2. The second-order valence-electron chi connectivity index (χ2n) is 6.84. The van der Waals surface area contributed by atoms with Gasteiger partial charge in [0.15, 0.2) is 17.1 Å². The number of fused-ring (bicyclic) bond motifs is 3. The fourth-order valence-electron chi connectivity index (χ4n) is 3.15. The van der Waals surface area contributed by atoms with Gasteiger partial charge < -0.3 is 14.5 Å². The van der Waals surface area contributed by atoms with Crippen molar-refractivity contribution in [3.05, 3.63) is 48.0 Å². The maximum Gasteiger partial charge on any atom is 0.265 e. The lowest BCUT2D eigenvalue weighted by molar-refractivity contribution is 0.286. The Morgan fingerprint density at radius 3 is 2.87 bits per heavy atom. The molecule has 0 fully saturated rings. The Hall–Kier alpha value is -3.68. The minimum atomic E-state index is 0.313. The van der Waals surface area contributed by atoms with Crippen LogP contribution in [0.2, 0.25) is 0 Å². The van der Waals surface area contributed by atoms with Crippen LogP contribution in [0.15, 0.2) is 47.6 Å². The second-order valence-corrected chi connectivity index (χ2v) is 6.84. The average molecular weight is 404 g/mol. The van der Waals surface area contributed by atoms with Crippen LogP contribution in [0.25, 0.3) is 22.1 Å². The Morgan fingerprint density at radius 2 is 2.00 bits per heavy atom. The molecule has 0 spiro atoms. The molecular formula is C22H24N6O2. The van der Waals surface area contributed by atoms with Crippen LogP contribution in [-0.4, -0.2) is 40.1 Å². The van der Waals surface area contributed by atoms with E-state index >= 15 is 0 Å². The number of benzene rings is 2. The number of anilines is 1. The van der Waals surface area contributed by atoms with E-state index in [0.717, 1.165) is 47.0 Å². The van der Waals surface area contributed by atoms with Crippen LogP contribution in [0.3, 0.4) is 0 Å². The second kappa shape index (κ2) is 9.21. The van der Waals surface area contributed by atoms with E-state index in [9.17, 15) is 0 Å². The van der Waals surface area contributed by atoms with E-state index in [1.54, 1.807) is 13.3 Å². The van der Waals surface area contributed by atoms with Crippen molar-refractivity contribution in [3.63, 3.8) is 0 Å². The van der Waals surface area contributed by atoms with E-state index in [1.165, 1.54) is 0 Å². The SMILES string of the molecule is CCCCCOc1ccc(/C=N/Nc2nnc3c(n2)[nH]c2ccccc23)cc1OC. The summed E-state index contributed by atoms with van der Waals surface area (Å²) in [6.07, 6.45) is 5.01. The van der Waals surface area contributed by atoms with Crippen molar-refractivity contribution in [3.8, 4) is 11.5 Å². The van der Waals surface area contributed by atoms with Crippen molar-refractivity contribution >= 4 is 34.2 Å². The highest BCUT2D eigenvalue weighted by Gasteiger charge is 2.08. The zero-order chi connectivity index (χ0) is 20.8. The van der Waals surface area contributed by atoms with Crippen molar-refractivity contribution < 1.29 is 9.47 Å². The third-order valence-corrected chi connectivity index (χ3v) is 4.69. The first-order chi connectivity index (χ1) is 14.8. The molecule has 8 nitrogen and oxygen atoms in total. The van der Waals surface area contributed by atoms with Gasteiger partial charge in [0.25, 0.3) is 5.95 Å². The number of aromatic nitrogens is 4. The monoisotopic (exact) mass is 404 g/mol. The van der Waals surface area contributed by atoms with E-state index in [0.29, 0.717) is 24.0 Å². The average Bonchev–Trinajstić information content (AvgIpc) is 3.15. The number of rotatable bonds is 9. The summed E-state index contributed by atoms with van der Waals surface area (Å²) in [6.45, 7) is 2.85. The number of para-hydroxylation sites is 1. The van der Waals surface area contributed by atoms with Crippen molar-refractivity contribution in [2.24, 2.45) is 5.10 Å². The van der Waals surface area contributed by atoms with Crippen LogP contribution in [0.5, 0.6) is 11.5 Å². The molecule has 2 N–H and O–H groups in total. The maximum absolute atomic E-state index is 5.81. The molecule has 0 saturated carbocycles. The molecule has 0 bridgehead atoms. The summed E-state index contributed by atoms with van der Waals surface area (Å²) >= 11 is 0. The van der Waals surface area contributed by atoms with Gasteiger partial charge in [-0.05, 0) is 36.2 Å². The first-order valence-electron chi connectivity index (χ1n) is 9.99. The molecule has 2 heterocycles. The lowest BCUT2D eigenvalue weighted by atomic mass is 10.2. The summed E-state index contributed by atoms with van der Waals surface area (Å²) in [5, 5.41) is 13.6. The van der Waals surface area contributed by atoms with Gasteiger partial charge in [0.1, 0.15) is 5.52 Å². The molecule has 2 aromatic heterocycles. The Morgan fingerprint density at radius 1 is 1.10 bits per heavy atom. The quantitative estimate of drug-likeness (QED) is 0.242. The third kappa shape index (κ3) is 4.32. The van der Waals surface area contributed by atoms with Gasteiger partial charge in [-0.1, -0.05) is 38.0 Å². The highest BCUT2D eigenvalue weighted by atomic mass is 16.5. The van der Waals surface area contributed by atoms with Crippen molar-refractivity contribution in [2.75, 3.05) is 19.1 Å². The molecule has 0 aliphatic heterocycles. The van der Waals surface area contributed by atoms with Crippen LogP contribution in [0.1, 0.15) is 31.7 Å². The number of nitrogens with zero attached hydrogens (tertiary/aromatic N) is 4. The number of hydrogen-bond acceptors (Lipinski definition) is 7. The molecular weight excluding hydrogens is 380 g/mol. The first-order valence-corrected chi connectivity index (χ1v) is 9.99. The lowest BCUT2D eigenvalue weighted by Gasteiger charge is -2.11. The first kappa shape index (κ1) is 19.6. The molecule has 2 aromatic carbocycles. The van der Waals surface area contributed by atoms with E-state index < -0.39 is 0 Å². The standard InChI is InChI=1S/C22H24N6O2/c1-3-4-7-12-30-18-11-10-15(13-19(18)29-2)14-23-27-22-25-21-20(26-28-22)16-8-5-6-9-17(16)24-21/h5-6,8-11,13-14H,3-4,7,12H2,1-2H3,(H2,24,25,27,28)/b23-14+. The molecule has 30 heavy (non-hydrogen) atoms. The van der Waals surface area contributed by atoms with Gasteiger partial charge in [-0.3, -0.25) is 0 Å². The molecule has 0 radical (unpaired) electrons. The normalized spacial score (nSPS) is 11.4. The van der Waals surface area contributed by atoms with Gasteiger partial charge in [-0.2, -0.15) is 10.1 Å². The lowest BCUT2D eigenvalue weighted by Crippen LogP contribution is -2.01. The van der Waals surface area contributed by atoms with Gasteiger partial charge in [-0.15, -0.1) is 10.2 Å². The summed E-state index contributed by atoms with van der Waals surface area (Å²) in [5.41, 5.74) is 6.05. The maximum atomic E-state index is 5.81. The van der Waals surface area contributed by atoms with Gasteiger partial charge in [0, 0.05) is 10.9 Å². The zero-order valence-electron chi connectivity index (χ0n) is 17.1. The van der Waals surface area contributed by atoms with Crippen LogP contribution in [-0.2, 0) is 0 Å². The molecule has 0 amide bonds. The molecule has 4 aromatic rings. The smallest absolute Gasteiger partial charge is 0.265 e. The number of methoxy groups -OCH3 is 1. The number of hydrazone groups is 1. The van der Waals surface area contributed by atoms with Crippen molar-refractivity contribution in [1.82, 2.24) is 20.2 Å². The van der Waals surface area contributed by atoms with E-state index in [4.69, 9.17) is 9.47 Å². The van der Waals surface area contributed by atoms with Gasteiger partial charge in [-0.25, -0.2) is 5.43 Å². The van der Waals surface area contributed by atoms with Gasteiger partial charge in [0.2, 0.25) is 0 Å². The molecule has 0 aliphatic carbocycles. The van der Waals surface area contributed by atoms with Crippen LogP contribution >= 0.6 is 0 Å². The third-order valence-electron chi connectivity index (χ3n) is 4.69. The van der Waals surface area contributed by atoms with E-state index in [-0.39, 0.29) is 0 Å². The molecule has 8 heteroatoms. The van der Waals surface area contributed by atoms with Crippen molar-refractivity contribution in [1.29, 1.82) is 0 Å². The Kier molecular flexibility index (Phi) is 6.03. The van der Waals surface area contributed by atoms with E-state index in [1.807, 2.05) is 42.5 Å².